The van der Waals surface area contributed by atoms with Crippen molar-refractivity contribution in [1.82, 2.24) is 0 Å². The van der Waals surface area contributed by atoms with Gasteiger partial charge >= 0.3 is 11.9 Å². The summed E-state index contributed by atoms with van der Waals surface area (Å²) in [5, 5.41) is 48.6. The van der Waals surface area contributed by atoms with Gasteiger partial charge in [0.15, 0.2) is 6.10 Å². The van der Waals surface area contributed by atoms with E-state index in [0.29, 0.717) is 11.1 Å². The summed E-state index contributed by atoms with van der Waals surface area (Å²) in [4.78, 5) is 40.7. The first kappa shape index (κ1) is 34.2. The van der Waals surface area contributed by atoms with Gasteiger partial charge in [0, 0.05) is 92.4 Å². The van der Waals surface area contributed by atoms with Crippen LogP contribution in [0, 0.1) is 60.8 Å². The Kier molecular flexibility index (Phi) is 9.42. The van der Waals surface area contributed by atoms with Crippen LogP contribution in [0.25, 0.3) is 0 Å². The van der Waals surface area contributed by atoms with E-state index in [4.69, 9.17) is 14.2 Å². The second-order valence-corrected chi connectivity index (χ2v) is 14.0. The minimum absolute atomic E-state index is 0. The molecule has 229 valence electrons. The molecule has 1 aromatic heterocycles. The normalized spacial score (nSPS) is 40.1. The van der Waals surface area contributed by atoms with E-state index in [-0.39, 0.29) is 75.7 Å². The average Bonchev–Trinajstić information content (AvgIpc) is 3.44. The van der Waals surface area contributed by atoms with Gasteiger partial charge < -0.3 is 34.6 Å². The number of fused-ring (bicyclic) bond motifs is 5. The van der Waals surface area contributed by atoms with Crippen molar-refractivity contribution in [1.29, 1.82) is 0 Å². The van der Waals surface area contributed by atoms with Crippen molar-refractivity contribution < 1.29 is 93.1 Å². The molecule has 10 atom stereocenters. The van der Waals surface area contributed by atoms with E-state index in [1.54, 1.807) is 34.6 Å². The Morgan fingerprint density at radius 3 is 2.40 bits per heavy atom. The van der Waals surface area contributed by atoms with E-state index in [2.05, 4.69) is 0 Å². The van der Waals surface area contributed by atoms with Crippen LogP contribution in [0.2, 0.25) is 0 Å². The Balaban J connectivity index is 0.00000405. The van der Waals surface area contributed by atoms with Gasteiger partial charge in [-0.3, -0.25) is 9.59 Å². The number of hydrogen-bond donors (Lipinski definition) is 4. The molecule has 0 aromatic carbocycles. The molecule has 0 amide bonds. The molecule has 1 saturated heterocycles. The van der Waals surface area contributed by atoms with Crippen molar-refractivity contribution in [2.75, 3.05) is 6.61 Å². The van der Waals surface area contributed by atoms with Gasteiger partial charge in [0.2, 0.25) is 0 Å². The SMILES string of the molecule is CC(=O)O[C@H]1[C@@H]2[C@]3(O)CO[C@@H]3C[C@H](O)[C@@]2(C)C(=O)CC2=C(C)C(OC(=O)[C@H](O)[C@@H](C)c3cccs3)C[C@]1(O)C2(C)C.[Ac]. The number of carbonyl (C=O) groups excluding carboxylic acids is 3. The summed E-state index contributed by atoms with van der Waals surface area (Å²) in [5.41, 5.74) is -5.28. The van der Waals surface area contributed by atoms with E-state index in [9.17, 15) is 34.8 Å². The smallest absolute Gasteiger partial charge is 0.336 e. The monoisotopic (exact) mass is 819 g/mol. The second kappa shape index (κ2) is 11.6. The second-order valence-electron chi connectivity index (χ2n) is 13.0. The zero-order valence-corrected chi connectivity index (χ0v) is 30.4. The molecule has 2 saturated carbocycles. The van der Waals surface area contributed by atoms with Crippen molar-refractivity contribution in [2.45, 2.75) is 108 Å². The van der Waals surface area contributed by atoms with E-state index in [0.717, 1.165) is 4.88 Å². The van der Waals surface area contributed by atoms with Crippen LogP contribution in [-0.2, 0) is 28.6 Å². The zero-order valence-electron chi connectivity index (χ0n) is 24.8. The topological polar surface area (TPSA) is 160 Å². The van der Waals surface area contributed by atoms with Crippen molar-refractivity contribution >= 4 is 29.1 Å². The average molecular weight is 820 g/mol. The summed E-state index contributed by atoms with van der Waals surface area (Å²) in [5.74, 6) is -3.74. The van der Waals surface area contributed by atoms with Crippen LogP contribution in [0.5, 0.6) is 0 Å². The molecule has 2 bridgehead atoms. The van der Waals surface area contributed by atoms with Gasteiger partial charge in [-0.2, -0.15) is 0 Å². The summed E-state index contributed by atoms with van der Waals surface area (Å²) in [7, 11) is 0. The van der Waals surface area contributed by atoms with Crippen LogP contribution in [-0.4, -0.2) is 86.5 Å². The van der Waals surface area contributed by atoms with E-state index >= 15 is 0 Å². The van der Waals surface area contributed by atoms with Crippen LogP contribution in [0.1, 0.15) is 71.6 Å². The Hall–Kier alpha value is -0.708. The first-order valence-corrected chi connectivity index (χ1v) is 14.9. The van der Waals surface area contributed by atoms with Crippen LogP contribution in [0.4, 0.5) is 0 Å². The van der Waals surface area contributed by atoms with Crippen molar-refractivity contribution in [3.63, 3.8) is 0 Å². The Labute approximate surface area is 285 Å². The number of rotatable bonds is 5. The molecule has 3 fully saturated rings. The fraction of sp³-hybridized carbons (Fsp3) is 0.700. The Bertz CT molecular complexity index is 1280. The molecule has 3 aliphatic carbocycles. The molecule has 5 rings (SSSR count). The number of aliphatic hydroxyl groups excluding tert-OH is 2. The predicted octanol–water partition coefficient (Wildman–Crippen LogP) is 2.02. The van der Waals surface area contributed by atoms with Gasteiger partial charge in [-0.25, -0.2) is 4.79 Å². The molecule has 1 radical (unpaired) electrons. The molecule has 42 heavy (non-hydrogen) atoms. The molecule has 2 heterocycles. The molecular formula is C30H40AcO10S. The minimum Gasteiger partial charge on any atom is -0.459 e. The summed E-state index contributed by atoms with van der Waals surface area (Å²) in [6.07, 6.45) is -6.41. The van der Waals surface area contributed by atoms with Gasteiger partial charge in [0.05, 0.1) is 24.2 Å². The van der Waals surface area contributed by atoms with Crippen molar-refractivity contribution in [3.8, 4) is 0 Å². The van der Waals surface area contributed by atoms with Gasteiger partial charge in [0.1, 0.15) is 29.2 Å². The third kappa shape index (κ3) is 4.91. The fourth-order valence-corrected chi connectivity index (χ4v) is 8.55. The first-order valence-electron chi connectivity index (χ1n) is 14.1. The van der Waals surface area contributed by atoms with Gasteiger partial charge in [-0.15, -0.1) is 11.3 Å². The standard InChI is InChI=1S/C30H40O10S.Ac/c1-14-17-10-20(32)28(6)21(33)11-22-29(36,13-38-22)24(28)25(39-16(3)31)30(37,27(17,4)5)12-18(14)40-26(35)23(34)15(2)19-8-7-9-41-19;/h7-9,15,18,21-25,33-34,36-37H,10-13H2,1-6H3;/t15-,18?,21-,22+,23+,24-,25-,28+,29-,30+;/m0./s1. The number of aliphatic hydroxyl groups is 4. The molecule has 1 aliphatic heterocycles. The maximum absolute atomic E-state index is 14.2. The van der Waals surface area contributed by atoms with E-state index < -0.39 is 76.3 Å². The van der Waals surface area contributed by atoms with Crippen LogP contribution < -0.4 is 0 Å². The number of ether oxygens (including phenoxy) is 3. The third-order valence-corrected chi connectivity index (χ3v) is 11.7. The van der Waals surface area contributed by atoms with Crippen LogP contribution in [0.3, 0.4) is 0 Å². The summed E-state index contributed by atoms with van der Waals surface area (Å²) < 4.78 is 17.3. The first-order chi connectivity index (χ1) is 19.0. The van der Waals surface area contributed by atoms with Gasteiger partial charge in [0.25, 0.3) is 0 Å². The molecule has 0 spiro atoms. The largest absolute Gasteiger partial charge is 0.459 e. The van der Waals surface area contributed by atoms with Crippen molar-refractivity contribution in [2.24, 2.45) is 16.7 Å². The molecule has 1 aromatic rings. The maximum Gasteiger partial charge on any atom is 0.336 e. The number of Topliss-reactive ketones (excluding diaryl/α,β-unsaturated/α-hetero) is 1. The van der Waals surface area contributed by atoms with E-state index in [1.807, 2.05) is 17.5 Å². The number of esters is 2. The van der Waals surface area contributed by atoms with E-state index in [1.165, 1.54) is 18.3 Å². The molecule has 4 N–H and O–H groups in total. The number of thiophene rings is 1. The number of carbonyl (C=O) groups is 3. The molecule has 1 unspecified atom stereocenters. The molecular weight excluding hydrogens is 779 g/mol. The maximum atomic E-state index is 14.2. The van der Waals surface area contributed by atoms with Gasteiger partial charge in [-0.1, -0.05) is 32.4 Å². The molecule has 10 nitrogen and oxygen atoms in total. The number of hydrogen-bond acceptors (Lipinski definition) is 11. The molecule has 4 aliphatic rings. The zero-order chi connectivity index (χ0) is 30.3. The summed E-state index contributed by atoms with van der Waals surface area (Å²) in [6.45, 7) is 9.49. The summed E-state index contributed by atoms with van der Waals surface area (Å²) >= 11 is 1.41. The van der Waals surface area contributed by atoms with Crippen molar-refractivity contribution in [3.05, 3.63) is 33.5 Å². The van der Waals surface area contributed by atoms with Crippen LogP contribution in [0.15, 0.2) is 28.7 Å². The molecule has 12 heteroatoms. The minimum atomic E-state index is -1.94. The Morgan fingerprint density at radius 1 is 1.19 bits per heavy atom. The summed E-state index contributed by atoms with van der Waals surface area (Å²) in [6, 6.07) is 3.64. The quantitative estimate of drug-likeness (QED) is 0.256. The van der Waals surface area contributed by atoms with Gasteiger partial charge in [-0.05, 0) is 30.9 Å². The predicted molar refractivity (Wildman–Crippen MR) is 147 cm³/mol. The fourth-order valence-electron chi connectivity index (χ4n) is 7.74. The number of ketones is 1. The third-order valence-electron chi connectivity index (χ3n) is 10.6. The Morgan fingerprint density at radius 2 is 1.86 bits per heavy atom. The van der Waals surface area contributed by atoms with Crippen LogP contribution >= 0.6 is 11.3 Å².